The molecule has 23 heavy (non-hydrogen) atoms. The Morgan fingerprint density at radius 1 is 1.26 bits per heavy atom. The second kappa shape index (κ2) is 6.10. The molecule has 0 aromatic heterocycles. The molecule has 1 aliphatic heterocycles. The van der Waals surface area contributed by atoms with Crippen molar-refractivity contribution in [3.8, 4) is 0 Å². The van der Waals surface area contributed by atoms with Gasteiger partial charge in [-0.1, -0.05) is 18.2 Å². The summed E-state index contributed by atoms with van der Waals surface area (Å²) in [6.07, 6.45) is -5.48. The highest BCUT2D eigenvalue weighted by molar-refractivity contribution is 5.83. The first kappa shape index (κ1) is 17.1. The van der Waals surface area contributed by atoms with Gasteiger partial charge in [0.05, 0.1) is 18.1 Å². The number of carbonyl (C=O) groups excluding carboxylic acids is 1. The lowest BCUT2D eigenvalue weighted by Crippen LogP contribution is -2.49. The molecule has 126 valence electrons. The third-order valence-electron chi connectivity index (χ3n) is 4.21. The van der Waals surface area contributed by atoms with Gasteiger partial charge in [0.15, 0.2) is 0 Å². The number of rotatable bonds is 2. The van der Waals surface area contributed by atoms with Gasteiger partial charge in [0.25, 0.3) is 0 Å². The Hall–Kier alpha value is -2.25. The summed E-state index contributed by atoms with van der Waals surface area (Å²) in [5.74, 6) is -0.651. The third-order valence-corrected chi connectivity index (χ3v) is 4.21. The second-order valence-electron chi connectivity index (χ2n) is 5.42. The van der Waals surface area contributed by atoms with Crippen LogP contribution in [-0.4, -0.2) is 42.3 Å². The summed E-state index contributed by atoms with van der Waals surface area (Å²) in [5, 5.41) is 8.99. The zero-order valence-corrected chi connectivity index (χ0v) is 12.4. The molecule has 2 rings (SSSR count). The first-order valence-electron chi connectivity index (χ1n) is 6.95. The highest BCUT2D eigenvalue weighted by Gasteiger charge is 2.45. The number of esters is 1. The van der Waals surface area contributed by atoms with Crippen molar-refractivity contribution in [2.24, 2.45) is 0 Å². The highest BCUT2D eigenvalue weighted by atomic mass is 19.4. The van der Waals surface area contributed by atoms with Gasteiger partial charge in [-0.05, 0) is 24.5 Å². The van der Waals surface area contributed by atoms with Crippen molar-refractivity contribution in [1.82, 2.24) is 4.90 Å². The molecule has 1 aliphatic rings. The number of piperidine rings is 1. The van der Waals surface area contributed by atoms with Gasteiger partial charge < -0.3 is 14.7 Å². The van der Waals surface area contributed by atoms with Crippen LogP contribution >= 0.6 is 0 Å². The van der Waals surface area contributed by atoms with Crippen molar-refractivity contribution >= 4 is 12.1 Å². The number of halogens is 3. The monoisotopic (exact) mass is 331 g/mol. The van der Waals surface area contributed by atoms with Crippen molar-refractivity contribution < 1.29 is 32.6 Å². The van der Waals surface area contributed by atoms with Gasteiger partial charge in [0.2, 0.25) is 0 Å². The van der Waals surface area contributed by atoms with Crippen LogP contribution in [0.1, 0.15) is 24.0 Å². The standard InChI is InChI=1S/C15H16F3NO4/c1-23-12(20)14(5-7-19(8-6-14)13(21)22)10-3-2-4-11(9-10)15(16,17)18/h2-4,9H,5-8H2,1H3,(H,21,22). The van der Waals surface area contributed by atoms with Crippen LogP contribution in [0, 0.1) is 0 Å². The predicted molar refractivity (Wildman–Crippen MR) is 74.0 cm³/mol. The molecule has 1 N–H and O–H groups in total. The average Bonchev–Trinajstić information content (AvgIpc) is 2.53. The van der Waals surface area contributed by atoms with Gasteiger partial charge in [0, 0.05) is 13.1 Å². The number of benzene rings is 1. The molecular weight excluding hydrogens is 315 g/mol. The van der Waals surface area contributed by atoms with E-state index in [0.717, 1.165) is 17.0 Å². The smallest absolute Gasteiger partial charge is 0.416 e. The minimum atomic E-state index is -4.52. The summed E-state index contributed by atoms with van der Waals surface area (Å²) >= 11 is 0. The Balaban J connectivity index is 2.41. The normalized spacial score (nSPS) is 17.7. The fourth-order valence-corrected chi connectivity index (χ4v) is 2.88. The molecule has 1 aromatic carbocycles. The molecule has 1 fully saturated rings. The number of nitrogens with zero attached hydrogens (tertiary/aromatic N) is 1. The molecule has 1 saturated heterocycles. The lowest BCUT2D eigenvalue weighted by molar-refractivity contribution is -0.150. The Morgan fingerprint density at radius 3 is 2.35 bits per heavy atom. The molecule has 0 spiro atoms. The van der Waals surface area contributed by atoms with E-state index in [1.807, 2.05) is 0 Å². The van der Waals surface area contributed by atoms with Gasteiger partial charge in [-0.25, -0.2) is 4.79 Å². The zero-order valence-electron chi connectivity index (χ0n) is 12.4. The number of carbonyl (C=O) groups is 2. The largest absolute Gasteiger partial charge is 0.468 e. The minimum Gasteiger partial charge on any atom is -0.468 e. The quantitative estimate of drug-likeness (QED) is 0.846. The molecule has 5 nitrogen and oxygen atoms in total. The highest BCUT2D eigenvalue weighted by Crippen LogP contribution is 2.39. The van der Waals surface area contributed by atoms with Crippen LogP contribution in [0.5, 0.6) is 0 Å². The minimum absolute atomic E-state index is 0.0562. The van der Waals surface area contributed by atoms with E-state index in [-0.39, 0.29) is 31.5 Å². The number of likely N-dealkylation sites (tertiary alicyclic amines) is 1. The molecule has 0 atom stereocenters. The topological polar surface area (TPSA) is 66.8 Å². The van der Waals surface area contributed by atoms with E-state index in [1.54, 1.807) is 0 Å². The zero-order chi connectivity index (χ0) is 17.3. The summed E-state index contributed by atoms with van der Waals surface area (Å²) in [5.41, 5.74) is -1.91. The fraction of sp³-hybridized carbons (Fsp3) is 0.467. The number of carboxylic acid groups (broad SMARTS) is 1. The maximum Gasteiger partial charge on any atom is 0.416 e. The van der Waals surface area contributed by atoms with Gasteiger partial charge in [-0.2, -0.15) is 13.2 Å². The van der Waals surface area contributed by atoms with Crippen molar-refractivity contribution in [3.05, 3.63) is 35.4 Å². The lowest BCUT2D eigenvalue weighted by Gasteiger charge is -2.39. The van der Waals surface area contributed by atoms with E-state index < -0.39 is 29.2 Å². The number of amides is 1. The predicted octanol–water partition coefficient (Wildman–Crippen LogP) is 2.89. The van der Waals surface area contributed by atoms with Crippen LogP contribution in [0.25, 0.3) is 0 Å². The molecular formula is C15H16F3NO4. The number of methoxy groups -OCH3 is 1. The number of hydrogen-bond donors (Lipinski definition) is 1. The van der Waals surface area contributed by atoms with Crippen molar-refractivity contribution in [2.45, 2.75) is 24.4 Å². The molecule has 0 unspecified atom stereocenters. The second-order valence-corrected chi connectivity index (χ2v) is 5.42. The molecule has 0 bridgehead atoms. The first-order chi connectivity index (χ1) is 10.7. The Bertz CT molecular complexity index is 607. The van der Waals surface area contributed by atoms with E-state index in [9.17, 15) is 22.8 Å². The van der Waals surface area contributed by atoms with Crippen molar-refractivity contribution in [2.75, 3.05) is 20.2 Å². The van der Waals surface area contributed by atoms with Crippen LogP contribution in [0.3, 0.4) is 0 Å². The summed E-state index contributed by atoms with van der Waals surface area (Å²) in [7, 11) is 1.17. The molecule has 0 aliphatic carbocycles. The van der Waals surface area contributed by atoms with Crippen LogP contribution < -0.4 is 0 Å². The molecule has 1 aromatic rings. The van der Waals surface area contributed by atoms with Crippen LogP contribution in [0.2, 0.25) is 0 Å². The van der Waals surface area contributed by atoms with Gasteiger partial charge in [-0.15, -0.1) is 0 Å². The average molecular weight is 331 g/mol. The van der Waals surface area contributed by atoms with Crippen LogP contribution in [0.15, 0.2) is 24.3 Å². The Kier molecular flexibility index (Phi) is 4.53. The third kappa shape index (κ3) is 3.25. The molecule has 0 saturated carbocycles. The van der Waals surface area contributed by atoms with Gasteiger partial charge in [0.1, 0.15) is 0 Å². The van der Waals surface area contributed by atoms with Crippen LogP contribution in [0.4, 0.5) is 18.0 Å². The van der Waals surface area contributed by atoms with Crippen LogP contribution in [-0.2, 0) is 21.1 Å². The fourth-order valence-electron chi connectivity index (χ4n) is 2.88. The van der Waals surface area contributed by atoms with E-state index in [1.165, 1.54) is 19.2 Å². The molecule has 1 heterocycles. The summed E-state index contributed by atoms with van der Waals surface area (Å²) in [4.78, 5) is 24.4. The summed E-state index contributed by atoms with van der Waals surface area (Å²) < 4.78 is 43.5. The lowest BCUT2D eigenvalue weighted by atomic mass is 9.72. The van der Waals surface area contributed by atoms with Gasteiger partial charge in [-0.3, -0.25) is 4.79 Å². The number of hydrogen-bond acceptors (Lipinski definition) is 3. The molecule has 1 amide bonds. The molecule has 0 radical (unpaired) electrons. The summed E-state index contributed by atoms with van der Waals surface area (Å²) in [6, 6.07) is 4.56. The van der Waals surface area contributed by atoms with E-state index in [4.69, 9.17) is 9.84 Å². The Morgan fingerprint density at radius 2 is 1.87 bits per heavy atom. The maximum atomic E-state index is 12.9. The Labute approximate surface area is 130 Å². The summed E-state index contributed by atoms with van der Waals surface area (Å²) in [6.45, 7) is 0.112. The first-order valence-corrected chi connectivity index (χ1v) is 6.95. The van der Waals surface area contributed by atoms with E-state index in [0.29, 0.717) is 0 Å². The van der Waals surface area contributed by atoms with E-state index in [2.05, 4.69) is 0 Å². The van der Waals surface area contributed by atoms with Crippen molar-refractivity contribution in [1.29, 1.82) is 0 Å². The number of alkyl halides is 3. The van der Waals surface area contributed by atoms with E-state index >= 15 is 0 Å². The van der Waals surface area contributed by atoms with Crippen molar-refractivity contribution in [3.63, 3.8) is 0 Å². The molecule has 8 heteroatoms. The van der Waals surface area contributed by atoms with Gasteiger partial charge >= 0.3 is 18.2 Å². The maximum absolute atomic E-state index is 12.9. The SMILES string of the molecule is COC(=O)C1(c2cccc(C(F)(F)F)c2)CCN(C(=O)O)CC1. The number of ether oxygens (including phenoxy) is 1.